The smallest absolute Gasteiger partial charge is 0.334 e. The number of aliphatic hydroxyl groups is 2. The maximum absolute atomic E-state index is 11.7. The van der Waals surface area contributed by atoms with Gasteiger partial charge in [0.1, 0.15) is 12.9 Å². The first-order valence-electron chi connectivity index (χ1n) is 19.2. The molecule has 0 bridgehead atoms. The number of carbonyl (C=O) groups excluding carboxylic acids is 1. The van der Waals surface area contributed by atoms with Gasteiger partial charge in [0, 0.05) is 12.0 Å². The fourth-order valence-corrected chi connectivity index (χ4v) is 7.85. The van der Waals surface area contributed by atoms with E-state index >= 15 is 0 Å². The van der Waals surface area contributed by atoms with Crippen LogP contribution in [0.4, 0.5) is 0 Å². The van der Waals surface area contributed by atoms with Crippen molar-refractivity contribution in [3.63, 3.8) is 0 Å². The van der Waals surface area contributed by atoms with E-state index in [-0.39, 0.29) is 48.7 Å². The molecule has 0 amide bonds. The van der Waals surface area contributed by atoms with Gasteiger partial charge in [0.25, 0.3) is 0 Å². The largest absolute Gasteiger partial charge is 0.455 e. The van der Waals surface area contributed by atoms with Crippen LogP contribution < -0.4 is 0 Å². The number of hydrogen-bond donors (Lipinski definition) is 2. The summed E-state index contributed by atoms with van der Waals surface area (Å²) in [5.74, 6) is -0.279. The lowest BCUT2D eigenvalue weighted by molar-refractivity contribution is -0.154. The highest BCUT2D eigenvalue weighted by Gasteiger charge is 2.39. The SMILES string of the molecule is CCCCCCCCCC[C@H](O)[C@H]1CC[C@H]([C@H]2CC[C@@H]([C@@H]3CC[C@@H](CCCCCCC[C@@H](O)CC4=C[C@H](C)OC4=O)O3)OCO2)O1. The molecule has 0 spiro atoms. The Balaban J connectivity index is 1.01. The van der Waals surface area contributed by atoms with E-state index in [4.69, 9.17) is 23.7 Å². The monoisotopic (exact) mass is 650 g/mol. The Bertz CT molecular complexity index is 879. The van der Waals surface area contributed by atoms with E-state index in [1.165, 1.54) is 57.8 Å². The van der Waals surface area contributed by atoms with E-state index in [0.717, 1.165) is 83.5 Å². The van der Waals surface area contributed by atoms with Crippen molar-refractivity contribution in [2.75, 3.05) is 6.79 Å². The van der Waals surface area contributed by atoms with Gasteiger partial charge in [0.15, 0.2) is 0 Å². The highest BCUT2D eigenvalue weighted by atomic mass is 16.7. The molecule has 0 aromatic rings. The molecule has 4 aliphatic rings. The van der Waals surface area contributed by atoms with E-state index in [9.17, 15) is 15.0 Å². The normalized spacial score (nSPS) is 31.5. The summed E-state index contributed by atoms with van der Waals surface area (Å²) in [5, 5.41) is 21.0. The van der Waals surface area contributed by atoms with Gasteiger partial charge in [-0.2, -0.15) is 0 Å². The predicted molar refractivity (Wildman–Crippen MR) is 179 cm³/mol. The third-order valence-corrected chi connectivity index (χ3v) is 10.6. The molecule has 0 saturated carbocycles. The quantitative estimate of drug-likeness (QED) is 0.0902. The van der Waals surface area contributed by atoms with Gasteiger partial charge in [0.05, 0.1) is 48.8 Å². The van der Waals surface area contributed by atoms with Gasteiger partial charge in [-0.15, -0.1) is 0 Å². The number of aliphatic hydroxyl groups excluding tert-OH is 2. The van der Waals surface area contributed by atoms with Crippen LogP contribution in [0.5, 0.6) is 0 Å². The molecule has 0 aliphatic carbocycles. The average Bonchev–Trinajstić information content (AvgIpc) is 3.75. The van der Waals surface area contributed by atoms with Crippen molar-refractivity contribution in [1.82, 2.24) is 0 Å². The van der Waals surface area contributed by atoms with Crippen LogP contribution in [0.3, 0.4) is 0 Å². The lowest BCUT2D eigenvalue weighted by Crippen LogP contribution is -2.32. The Morgan fingerprint density at radius 2 is 1.30 bits per heavy atom. The summed E-state index contributed by atoms with van der Waals surface area (Å²) in [4.78, 5) is 11.7. The molecule has 0 aromatic carbocycles. The summed E-state index contributed by atoms with van der Waals surface area (Å²) >= 11 is 0. The number of hydrogen-bond acceptors (Lipinski definition) is 8. The topological polar surface area (TPSA) is 104 Å². The van der Waals surface area contributed by atoms with Crippen molar-refractivity contribution in [3.05, 3.63) is 11.6 Å². The summed E-state index contributed by atoms with van der Waals surface area (Å²) in [5.41, 5.74) is 0.619. The van der Waals surface area contributed by atoms with Crippen LogP contribution in [0, 0.1) is 0 Å². The molecule has 3 saturated heterocycles. The third-order valence-electron chi connectivity index (χ3n) is 10.6. The standard InChI is InChI=1S/C38H66O8/c1-3-4-5-6-7-8-12-15-18-32(40)33-21-24-37(46-33)35-23-22-34(42-27-43-35)36-20-19-31(45-36)17-14-11-9-10-13-16-30(39)26-29-25-28(2)44-38(29)41/h25,28,30-37,39-40H,3-24,26-27H2,1-2H3/t28-,30+,31+,32-,33+,34-,35+,36-,37+/m0/s1. The van der Waals surface area contributed by atoms with E-state index in [1.54, 1.807) is 0 Å². The average molecular weight is 651 g/mol. The molecule has 0 unspecified atom stereocenters. The molecule has 3 fully saturated rings. The van der Waals surface area contributed by atoms with Gasteiger partial charge in [-0.25, -0.2) is 4.79 Å². The number of ether oxygens (including phenoxy) is 5. The zero-order chi connectivity index (χ0) is 32.6. The van der Waals surface area contributed by atoms with Crippen LogP contribution >= 0.6 is 0 Å². The number of rotatable bonds is 22. The second-order valence-corrected chi connectivity index (χ2v) is 14.6. The second-order valence-electron chi connectivity index (χ2n) is 14.6. The Morgan fingerprint density at radius 3 is 1.98 bits per heavy atom. The van der Waals surface area contributed by atoms with E-state index in [0.29, 0.717) is 24.9 Å². The summed E-state index contributed by atoms with van der Waals surface area (Å²) in [6.45, 7) is 4.39. The summed E-state index contributed by atoms with van der Waals surface area (Å²) in [6, 6.07) is 0. The molecule has 46 heavy (non-hydrogen) atoms. The van der Waals surface area contributed by atoms with Crippen LogP contribution in [0.2, 0.25) is 0 Å². The van der Waals surface area contributed by atoms with Gasteiger partial charge in [-0.05, 0) is 70.8 Å². The fraction of sp³-hybridized carbons (Fsp3) is 0.921. The third kappa shape index (κ3) is 13.1. The van der Waals surface area contributed by atoms with Crippen LogP contribution in [-0.4, -0.2) is 77.9 Å². The summed E-state index contributed by atoms with van der Waals surface area (Å²) in [7, 11) is 0. The minimum Gasteiger partial charge on any atom is -0.455 e. The molecule has 8 nitrogen and oxygen atoms in total. The molecular formula is C38H66O8. The first-order chi connectivity index (χ1) is 22.4. The predicted octanol–water partition coefficient (Wildman–Crippen LogP) is 7.85. The number of unbranched alkanes of at least 4 members (excludes halogenated alkanes) is 11. The van der Waals surface area contributed by atoms with E-state index in [2.05, 4.69) is 6.92 Å². The maximum atomic E-state index is 11.7. The Kier molecular flexibility index (Phi) is 17.4. The van der Waals surface area contributed by atoms with Crippen molar-refractivity contribution < 1.29 is 38.7 Å². The summed E-state index contributed by atoms with van der Waals surface area (Å²) in [6.07, 6.45) is 26.1. The van der Waals surface area contributed by atoms with E-state index < -0.39 is 6.10 Å². The molecule has 0 aromatic heterocycles. The molecule has 8 heteroatoms. The first kappa shape index (κ1) is 37.8. The van der Waals surface area contributed by atoms with Crippen LogP contribution in [0.25, 0.3) is 0 Å². The van der Waals surface area contributed by atoms with Crippen molar-refractivity contribution in [2.24, 2.45) is 0 Å². The minimum atomic E-state index is -0.468. The maximum Gasteiger partial charge on any atom is 0.334 e. The van der Waals surface area contributed by atoms with Gasteiger partial charge in [-0.3, -0.25) is 0 Å². The Morgan fingerprint density at radius 1 is 0.717 bits per heavy atom. The van der Waals surface area contributed by atoms with Crippen molar-refractivity contribution in [3.8, 4) is 0 Å². The lowest BCUT2D eigenvalue weighted by atomic mass is 9.98. The number of esters is 1. The van der Waals surface area contributed by atoms with Gasteiger partial charge in [0.2, 0.25) is 0 Å². The van der Waals surface area contributed by atoms with Gasteiger partial charge < -0.3 is 33.9 Å². The molecule has 4 rings (SSSR count). The highest BCUT2D eigenvalue weighted by molar-refractivity contribution is 5.90. The second kappa shape index (κ2) is 21.1. The molecule has 0 radical (unpaired) electrons. The van der Waals surface area contributed by atoms with Gasteiger partial charge >= 0.3 is 5.97 Å². The van der Waals surface area contributed by atoms with Crippen LogP contribution in [0.1, 0.15) is 162 Å². The Hall–Kier alpha value is -1.03. The number of cyclic esters (lactones) is 1. The van der Waals surface area contributed by atoms with E-state index in [1.807, 2.05) is 13.0 Å². The first-order valence-corrected chi connectivity index (χ1v) is 19.2. The van der Waals surface area contributed by atoms with Crippen LogP contribution in [-0.2, 0) is 28.5 Å². The van der Waals surface area contributed by atoms with Gasteiger partial charge in [-0.1, -0.05) is 90.4 Å². The molecule has 4 aliphatic heterocycles. The minimum absolute atomic E-state index is 0.0311. The number of carbonyl (C=O) groups is 1. The molecule has 266 valence electrons. The molecular weight excluding hydrogens is 584 g/mol. The zero-order valence-corrected chi connectivity index (χ0v) is 29.1. The molecule has 4 heterocycles. The van der Waals surface area contributed by atoms with Crippen LogP contribution in [0.15, 0.2) is 11.6 Å². The fourth-order valence-electron chi connectivity index (χ4n) is 7.85. The summed E-state index contributed by atoms with van der Waals surface area (Å²) < 4.78 is 30.2. The Labute approximate surface area is 279 Å². The zero-order valence-electron chi connectivity index (χ0n) is 29.1. The van der Waals surface area contributed by atoms with Crippen molar-refractivity contribution in [1.29, 1.82) is 0 Å². The lowest BCUT2D eigenvalue weighted by Gasteiger charge is -2.24. The molecule has 9 atom stereocenters. The van der Waals surface area contributed by atoms with Crippen molar-refractivity contribution >= 4 is 5.97 Å². The van der Waals surface area contributed by atoms with Crippen molar-refractivity contribution in [2.45, 2.75) is 216 Å². The molecule has 2 N–H and O–H groups in total. The highest BCUT2D eigenvalue weighted by Crippen LogP contribution is 2.34.